The summed E-state index contributed by atoms with van der Waals surface area (Å²) in [5.41, 5.74) is 8.97. The van der Waals surface area contributed by atoms with Crippen LogP contribution in [-0.2, 0) is 0 Å². The molecule has 0 N–H and O–H groups in total. The number of fused-ring (bicyclic) bond motifs is 9. The molecule has 266 valence electrons. The summed E-state index contributed by atoms with van der Waals surface area (Å²) in [7, 11) is 0. The normalized spacial score (nSPS) is 11.9. The average molecular weight is 763 g/mol. The molecule has 6 heteroatoms. The maximum absolute atomic E-state index is 5.15. The van der Waals surface area contributed by atoms with E-state index in [9.17, 15) is 0 Å². The number of hydrogen-bond acceptors (Lipinski definition) is 5. The third kappa shape index (κ3) is 5.08. The highest BCUT2D eigenvalue weighted by atomic mass is 32.1. The third-order valence-electron chi connectivity index (χ3n) is 11.1. The van der Waals surface area contributed by atoms with Gasteiger partial charge in [0.25, 0.3) is 0 Å². The Balaban J connectivity index is 1.06. The van der Waals surface area contributed by atoms with Gasteiger partial charge in [0.05, 0.1) is 21.4 Å². The summed E-state index contributed by atoms with van der Waals surface area (Å²) in [6, 6.07) is 64.8. The first-order chi connectivity index (χ1) is 28.3. The second kappa shape index (κ2) is 12.8. The van der Waals surface area contributed by atoms with Crippen molar-refractivity contribution < 1.29 is 0 Å². The highest BCUT2D eigenvalue weighted by Crippen LogP contribution is 2.46. The second-order valence-electron chi connectivity index (χ2n) is 14.3. The molecule has 8 aromatic carbocycles. The molecule has 12 aromatic rings. The molecule has 0 amide bonds. The van der Waals surface area contributed by atoms with Crippen molar-refractivity contribution in [3.05, 3.63) is 182 Å². The fourth-order valence-electron chi connectivity index (χ4n) is 8.53. The number of para-hydroxylation sites is 2. The standard InChI is InChI=1S/C51H30N4S2/c1-3-14-31(15-4-1)49-52-50(32-16-5-2-6-17-32)54-51(53-49)39-22-13-27-44-47(39)46-34(20-12-26-43(46)56-44)33-28-29-37-38-21-11-25-42(48(38)57-45(37)30-33)55-40-23-9-7-18-35(40)36-19-8-10-24-41(36)55/h1-30H. The van der Waals surface area contributed by atoms with Crippen LogP contribution in [0.2, 0.25) is 0 Å². The van der Waals surface area contributed by atoms with Crippen LogP contribution in [0, 0.1) is 0 Å². The van der Waals surface area contributed by atoms with E-state index in [0.29, 0.717) is 17.5 Å². The van der Waals surface area contributed by atoms with Crippen LogP contribution in [0.25, 0.3) is 113 Å². The summed E-state index contributed by atoms with van der Waals surface area (Å²) < 4.78 is 7.44. The molecule has 57 heavy (non-hydrogen) atoms. The van der Waals surface area contributed by atoms with Gasteiger partial charge in [-0.25, -0.2) is 15.0 Å². The Morgan fingerprint density at radius 1 is 0.351 bits per heavy atom. The summed E-state index contributed by atoms with van der Waals surface area (Å²) in [6.45, 7) is 0. The van der Waals surface area contributed by atoms with Crippen LogP contribution in [0.15, 0.2) is 182 Å². The van der Waals surface area contributed by atoms with E-state index in [-0.39, 0.29) is 0 Å². The maximum Gasteiger partial charge on any atom is 0.164 e. The summed E-state index contributed by atoms with van der Waals surface area (Å²) in [4.78, 5) is 15.3. The molecule has 0 fully saturated rings. The lowest BCUT2D eigenvalue weighted by Gasteiger charge is -2.11. The van der Waals surface area contributed by atoms with Gasteiger partial charge in [-0.3, -0.25) is 0 Å². The zero-order chi connectivity index (χ0) is 37.5. The predicted octanol–water partition coefficient (Wildman–Crippen LogP) is 14.4. The number of hydrogen-bond donors (Lipinski definition) is 0. The number of rotatable bonds is 5. The Labute approximate surface area is 335 Å². The van der Waals surface area contributed by atoms with E-state index in [1.165, 1.54) is 79.0 Å². The van der Waals surface area contributed by atoms with Crippen molar-refractivity contribution in [2.45, 2.75) is 0 Å². The van der Waals surface area contributed by atoms with Gasteiger partial charge in [0, 0.05) is 63.1 Å². The van der Waals surface area contributed by atoms with Crippen LogP contribution < -0.4 is 0 Å². The largest absolute Gasteiger partial charge is 0.308 e. The summed E-state index contributed by atoms with van der Waals surface area (Å²) >= 11 is 3.70. The molecular formula is C51H30N4S2. The van der Waals surface area contributed by atoms with Crippen molar-refractivity contribution in [3.63, 3.8) is 0 Å². The fourth-order valence-corrected chi connectivity index (χ4v) is 10.9. The van der Waals surface area contributed by atoms with Crippen LogP contribution in [0.3, 0.4) is 0 Å². The Kier molecular flexibility index (Phi) is 7.24. The SMILES string of the molecule is c1ccc(-c2nc(-c3ccccc3)nc(-c3cccc4sc5cccc(-c6ccc7c(c6)sc6c(-n8c9ccccc9c9ccccc98)cccc67)c5c34)n2)cc1. The zero-order valence-electron chi connectivity index (χ0n) is 30.4. The van der Waals surface area contributed by atoms with E-state index in [2.05, 4.69) is 150 Å². The minimum Gasteiger partial charge on any atom is -0.308 e. The first kappa shape index (κ1) is 32.3. The summed E-state index contributed by atoms with van der Waals surface area (Å²) in [5.74, 6) is 1.98. The molecule has 12 rings (SSSR count). The molecule has 0 aliphatic carbocycles. The lowest BCUT2D eigenvalue weighted by atomic mass is 9.96. The number of thiophene rings is 2. The van der Waals surface area contributed by atoms with Gasteiger partial charge in [0.1, 0.15) is 0 Å². The predicted molar refractivity (Wildman–Crippen MR) is 242 cm³/mol. The van der Waals surface area contributed by atoms with Gasteiger partial charge in [-0.15, -0.1) is 22.7 Å². The summed E-state index contributed by atoms with van der Waals surface area (Å²) in [6.07, 6.45) is 0. The van der Waals surface area contributed by atoms with Crippen molar-refractivity contribution in [2.24, 2.45) is 0 Å². The quantitative estimate of drug-likeness (QED) is 0.175. The van der Waals surface area contributed by atoms with Crippen LogP contribution >= 0.6 is 22.7 Å². The van der Waals surface area contributed by atoms with E-state index in [0.717, 1.165) is 16.7 Å². The monoisotopic (exact) mass is 762 g/mol. The molecule has 4 nitrogen and oxygen atoms in total. The van der Waals surface area contributed by atoms with E-state index in [1.807, 2.05) is 59.1 Å². The molecule has 0 aliphatic rings. The van der Waals surface area contributed by atoms with E-state index in [1.54, 1.807) is 0 Å². The summed E-state index contributed by atoms with van der Waals surface area (Å²) in [5, 5.41) is 7.49. The molecule has 0 spiro atoms. The van der Waals surface area contributed by atoms with E-state index in [4.69, 9.17) is 15.0 Å². The van der Waals surface area contributed by atoms with Crippen molar-refractivity contribution in [2.75, 3.05) is 0 Å². The molecule has 0 unspecified atom stereocenters. The second-order valence-corrected chi connectivity index (χ2v) is 16.5. The number of aromatic nitrogens is 4. The Hall–Kier alpha value is -6.99. The first-order valence-electron chi connectivity index (χ1n) is 19.0. The van der Waals surface area contributed by atoms with Crippen molar-refractivity contribution in [1.82, 2.24) is 19.5 Å². The van der Waals surface area contributed by atoms with E-state index < -0.39 is 0 Å². The Morgan fingerprint density at radius 2 is 0.895 bits per heavy atom. The highest BCUT2D eigenvalue weighted by molar-refractivity contribution is 7.26. The Bertz CT molecular complexity index is 3410. The van der Waals surface area contributed by atoms with Gasteiger partial charge in [-0.1, -0.05) is 146 Å². The van der Waals surface area contributed by atoms with Gasteiger partial charge in [0.2, 0.25) is 0 Å². The van der Waals surface area contributed by atoms with Crippen molar-refractivity contribution in [1.29, 1.82) is 0 Å². The lowest BCUT2D eigenvalue weighted by molar-refractivity contribution is 1.08. The fraction of sp³-hybridized carbons (Fsp3) is 0. The molecular weight excluding hydrogens is 733 g/mol. The van der Waals surface area contributed by atoms with Crippen molar-refractivity contribution in [3.8, 4) is 51.0 Å². The Morgan fingerprint density at radius 3 is 1.56 bits per heavy atom. The number of benzene rings is 8. The van der Waals surface area contributed by atoms with Crippen LogP contribution in [-0.4, -0.2) is 19.5 Å². The lowest BCUT2D eigenvalue weighted by Crippen LogP contribution is -2.00. The van der Waals surface area contributed by atoms with Gasteiger partial charge in [-0.05, 0) is 47.5 Å². The zero-order valence-corrected chi connectivity index (χ0v) is 32.1. The van der Waals surface area contributed by atoms with Crippen molar-refractivity contribution >= 4 is 84.8 Å². The highest BCUT2D eigenvalue weighted by Gasteiger charge is 2.21. The molecule has 0 atom stereocenters. The average Bonchev–Trinajstić information content (AvgIpc) is 3.96. The van der Waals surface area contributed by atoms with Gasteiger partial charge in [-0.2, -0.15) is 0 Å². The van der Waals surface area contributed by atoms with Gasteiger partial charge in [0.15, 0.2) is 17.5 Å². The number of nitrogens with zero attached hydrogens (tertiary/aromatic N) is 4. The smallest absolute Gasteiger partial charge is 0.164 e. The molecule has 0 radical (unpaired) electrons. The van der Waals surface area contributed by atoms with Gasteiger partial charge < -0.3 is 4.57 Å². The molecule has 0 saturated carbocycles. The topological polar surface area (TPSA) is 43.6 Å². The van der Waals surface area contributed by atoms with Crippen LogP contribution in [0.4, 0.5) is 0 Å². The van der Waals surface area contributed by atoms with Crippen LogP contribution in [0.5, 0.6) is 0 Å². The minimum absolute atomic E-state index is 0.659. The molecule has 0 saturated heterocycles. The molecule has 4 aromatic heterocycles. The maximum atomic E-state index is 5.15. The molecule has 0 aliphatic heterocycles. The van der Waals surface area contributed by atoms with Gasteiger partial charge >= 0.3 is 0 Å². The molecule has 0 bridgehead atoms. The first-order valence-corrected chi connectivity index (χ1v) is 20.7. The molecule has 4 heterocycles. The van der Waals surface area contributed by atoms with E-state index >= 15 is 0 Å². The van der Waals surface area contributed by atoms with Crippen LogP contribution in [0.1, 0.15) is 0 Å². The minimum atomic E-state index is 0.659. The third-order valence-corrected chi connectivity index (χ3v) is 13.4.